The number of benzene rings is 4. The molecule has 2 aliphatic rings. The van der Waals surface area contributed by atoms with Crippen molar-refractivity contribution in [2.75, 3.05) is 10.8 Å². The molecular formula is C36H39N3O4S. The van der Waals surface area contributed by atoms with Gasteiger partial charge in [0.15, 0.2) is 0 Å². The van der Waals surface area contributed by atoms with Gasteiger partial charge < -0.3 is 10.2 Å². The van der Waals surface area contributed by atoms with Crippen molar-refractivity contribution in [2.45, 2.75) is 75.4 Å². The van der Waals surface area contributed by atoms with Gasteiger partial charge in [-0.25, -0.2) is 8.42 Å². The second-order valence-electron chi connectivity index (χ2n) is 12.0. The Balaban J connectivity index is 1.25. The van der Waals surface area contributed by atoms with Gasteiger partial charge in [0.2, 0.25) is 11.8 Å². The van der Waals surface area contributed by atoms with Crippen LogP contribution >= 0.6 is 0 Å². The Labute approximate surface area is 259 Å². The van der Waals surface area contributed by atoms with Crippen LogP contribution in [0.25, 0.3) is 10.8 Å². The summed E-state index contributed by atoms with van der Waals surface area (Å²) in [4.78, 5) is 30.1. The number of carbonyl (C=O) groups excluding carboxylic acids is 2. The maximum atomic E-state index is 14.1. The SMILES string of the molecule is Cc1cccc(CN(C(=O)CCCN2c3cccc4cccc(c34)S2(=O)=O)C(Cc2ccccc2)C(=O)NC2CCCC2)c1. The van der Waals surface area contributed by atoms with Gasteiger partial charge in [-0.3, -0.25) is 13.9 Å². The summed E-state index contributed by atoms with van der Waals surface area (Å²) in [5.74, 6) is -0.299. The van der Waals surface area contributed by atoms with Gasteiger partial charge in [0, 0.05) is 37.4 Å². The van der Waals surface area contributed by atoms with Crippen LogP contribution in [-0.4, -0.2) is 43.8 Å². The molecule has 44 heavy (non-hydrogen) atoms. The lowest BCUT2D eigenvalue weighted by atomic mass is 10.0. The van der Waals surface area contributed by atoms with Crippen molar-refractivity contribution in [3.05, 3.63) is 108 Å². The van der Waals surface area contributed by atoms with Crippen LogP contribution in [0.3, 0.4) is 0 Å². The van der Waals surface area contributed by atoms with E-state index < -0.39 is 16.1 Å². The highest BCUT2D eigenvalue weighted by atomic mass is 32.2. The van der Waals surface area contributed by atoms with Crippen molar-refractivity contribution in [2.24, 2.45) is 0 Å². The van der Waals surface area contributed by atoms with Crippen LogP contribution in [0.2, 0.25) is 0 Å². The van der Waals surface area contributed by atoms with E-state index >= 15 is 0 Å². The van der Waals surface area contributed by atoms with E-state index in [1.54, 1.807) is 17.0 Å². The predicted octanol–water partition coefficient (Wildman–Crippen LogP) is 6.14. The highest BCUT2D eigenvalue weighted by Gasteiger charge is 2.36. The van der Waals surface area contributed by atoms with E-state index in [4.69, 9.17) is 0 Å². The number of amides is 2. The third-order valence-electron chi connectivity index (χ3n) is 8.84. The highest BCUT2D eigenvalue weighted by molar-refractivity contribution is 7.93. The minimum Gasteiger partial charge on any atom is -0.352 e. The summed E-state index contributed by atoms with van der Waals surface area (Å²) < 4.78 is 28.4. The number of carbonyl (C=O) groups is 2. The number of nitrogens with one attached hydrogen (secondary N) is 1. The van der Waals surface area contributed by atoms with Gasteiger partial charge in [0.25, 0.3) is 10.0 Å². The number of hydrogen-bond acceptors (Lipinski definition) is 4. The average molecular weight is 610 g/mol. The first kappa shape index (κ1) is 29.9. The van der Waals surface area contributed by atoms with E-state index in [2.05, 4.69) is 5.32 Å². The van der Waals surface area contributed by atoms with Crippen molar-refractivity contribution in [3.8, 4) is 0 Å². The zero-order valence-corrected chi connectivity index (χ0v) is 25.9. The molecule has 0 aromatic heterocycles. The zero-order valence-electron chi connectivity index (χ0n) is 25.1. The Kier molecular flexibility index (Phi) is 8.71. The Morgan fingerprint density at radius 3 is 2.36 bits per heavy atom. The third kappa shape index (κ3) is 6.22. The summed E-state index contributed by atoms with van der Waals surface area (Å²) in [6, 6.07) is 28.2. The normalized spacial score (nSPS) is 16.2. The van der Waals surface area contributed by atoms with Crippen LogP contribution in [0.5, 0.6) is 0 Å². The highest BCUT2D eigenvalue weighted by Crippen LogP contribution is 2.42. The van der Waals surface area contributed by atoms with E-state index in [9.17, 15) is 18.0 Å². The second kappa shape index (κ2) is 12.8. The molecule has 1 heterocycles. The molecule has 1 aliphatic carbocycles. The number of rotatable bonds is 11. The largest absolute Gasteiger partial charge is 0.352 e. The van der Waals surface area contributed by atoms with E-state index in [0.717, 1.165) is 53.1 Å². The van der Waals surface area contributed by atoms with Gasteiger partial charge >= 0.3 is 0 Å². The molecule has 0 bridgehead atoms. The van der Waals surface area contributed by atoms with E-state index in [-0.39, 0.29) is 30.8 Å². The lowest BCUT2D eigenvalue weighted by Gasteiger charge is -2.32. The molecule has 1 N–H and O–H groups in total. The predicted molar refractivity (Wildman–Crippen MR) is 174 cm³/mol. The van der Waals surface area contributed by atoms with Gasteiger partial charge in [-0.1, -0.05) is 97.3 Å². The molecule has 6 rings (SSSR count). The molecule has 0 saturated heterocycles. The molecule has 1 fully saturated rings. The van der Waals surface area contributed by atoms with Crippen LogP contribution in [-0.2, 0) is 32.6 Å². The molecule has 8 heteroatoms. The quantitative estimate of drug-likeness (QED) is 0.222. The van der Waals surface area contributed by atoms with Crippen molar-refractivity contribution in [3.63, 3.8) is 0 Å². The second-order valence-corrected chi connectivity index (χ2v) is 13.8. The molecule has 2 amide bonds. The van der Waals surface area contributed by atoms with Crippen LogP contribution in [0.1, 0.15) is 55.2 Å². The summed E-state index contributed by atoms with van der Waals surface area (Å²) >= 11 is 0. The van der Waals surface area contributed by atoms with Gasteiger partial charge in [-0.2, -0.15) is 0 Å². The standard InChI is InChI=1S/C36H39N3O4S/c1-26-11-7-14-28(23-26)25-38(32(24-27-12-3-2-4-13-27)36(41)37-30-17-5-6-18-30)34(40)21-10-22-39-31-19-8-15-29-16-9-20-33(35(29)31)44(39,42)43/h2-4,7-9,11-16,19-20,23,30,32H,5-6,10,17-18,21-22,24-25H2,1H3,(H,37,41). The van der Waals surface area contributed by atoms with Crippen molar-refractivity contribution < 1.29 is 18.0 Å². The minimum absolute atomic E-state index is 0.117. The molecule has 4 aromatic carbocycles. The van der Waals surface area contributed by atoms with Gasteiger partial charge in [-0.05, 0) is 54.8 Å². The summed E-state index contributed by atoms with van der Waals surface area (Å²) in [5.41, 5.74) is 3.67. The van der Waals surface area contributed by atoms with Crippen molar-refractivity contribution in [1.29, 1.82) is 0 Å². The lowest BCUT2D eigenvalue weighted by molar-refractivity contribution is -0.141. The molecule has 4 aromatic rings. The maximum absolute atomic E-state index is 14.1. The number of anilines is 1. The van der Waals surface area contributed by atoms with E-state index in [1.165, 1.54) is 4.31 Å². The van der Waals surface area contributed by atoms with Gasteiger partial charge in [0.1, 0.15) is 6.04 Å². The summed E-state index contributed by atoms with van der Waals surface area (Å²) in [6.45, 7) is 2.49. The van der Waals surface area contributed by atoms with E-state index in [1.807, 2.05) is 85.8 Å². The summed E-state index contributed by atoms with van der Waals surface area (Å²) in [5, 5.41) is 4.85. The van der Waals surface area contributed by atoms with Crippen LogP contribution in [0.15, 0.2) is 95.9 Å². The Hall–Kier alpha value is -4.17. The number of hydrogen-bond donors (Lipinski definition) is 1. The molecule has 1 saturated carbocycles. The maximum Gasteiger partial charge on any atom is 0.265 e. The molecule has 1 unspecified atom stereocenters. The van der Waals surface area contributed by atoms with Crippen LogP contribution < -0.4 is 9.62 Å². The summed E-state index contributed by atoms with van der Waals surface area (Å²) in [7, 11) is -3.71. The fourth-order valence-corrected chi connectivity index (χ4v) is 8.39. The third-order valence-corrected chi connectivity index (χ3v) is 10.7. The van der Waals surface area contributed by atoms with E-state index in [0.29, 0.717) is 30.0 Å². The first-order valence-electron chi connectivity index (χ1n) is 15.5. The number of nitrogens with zero attached hydrogens (tertiary/aromatic N) is 2. The molecular weight excluding hydrogens is 570 g/mol. The summed E-state index contributed by atoms with van der Waals surface area (Å²) in [6.07, 6.45) is 4.94. The van der Waals surface area contributed by atoms with Crippen LogP contribution in [0.4, 0.5) is 5.69 Å². The van der Waals surface area contributed by atoms with Crippen LogP contribution in [0, 0.1) is 6.92 Å². The first-order valence-corrected chi connectivity index (χ1v) is 17.0. The minimum atomic E-state index is -3.71. The van der Waals surface area contributed by atoms with Crippen molar-refractivity contribution >= 4 is 38.3 Å². The molecule has 228 valence electrons. The first-order chi connectivity index (χ1) is 21.3. The lowest BCUT2D eigenvalue weighted by Crippen LogP contribution is -2.52. The zero-order chi connectivity index (χ0) is 30.7. The number of sulfonamides is 1. The molecule has 0 spiro atoms. The fraction of sp³-hybridized carbons (Fsp3) is 0.333. The smallest absolute Gasteiger partial charge is 0.265 e. The van der Waals surface area contributed by atoms with Crippen molar-refractivity contribution in [1.82, 2.24) is 10.2 Å². The molecule has 0 radical (unpaired) electrons. The average Bonchev–Trinajstić information content (AvgIpc) is 3.61. The monoisotopic (exact) mass is 609 g/mol. The number of aryl methyl sites for hydroxylation is 1. The Morgan fingerprint density at radius 1 is 0.909 bits per heavy atom. The fourth-order valence-electron chi connectivity index (χ4n) is 6.65. The Bertz CT molecular complexity index is 1760. The van der Waals surface area contributed by atoms with Gasteiger partial charge in [0.05, 0.1) is 10.6 Å². The Morgan fingerprint density at radius 2 is 1.61 bits per heavy atom. The molecule has 7 nitrogen and oxygen atoms in total. The molecule has 1 aliphatic heterocycles. The molecule has 1 atom stereocenters. The van der Waals surface area contributed by atoms with Gasteiger partial charge in [-0.15, -0.1) is 0 Å². The topological polar surface area (TPSA) is 86.8 Å².